The molecular formula is C45H27I2N5. The van der Waals surface area contributed by atoms with Gasteiger partial charge in [0, 0.05) is 45.5 Å². The van der Waals surface area contributed by atoms with E-state index in [1.54, 1.807) is 0 Å². The van der Waals surface area contributed by atoms with Gasteiger partial charge in [-0.05, 0) is 123 Å². The first-order chi connectivity index (χ1) is 25.6. The maximum atomic E-state index is 5.16. The summed E-state index contributed by atoms with van der Waals surface area (Å²) in [5.41, 5.74) is 9.78. The lowest BCUT2D eigenvalue weighted by Gasteiger charge is -2.12. The van der Waals surface area contributed by atoms with Crippen molar-refractivity contribution in [3.63, 3.8) is 0 Å². The van der Waals surface area contributed by atoms with Crippen LogP contribution in [0.1, 0.15) is 0 Å². The maximum Gasteiger partial charge on any atom is 0.238 e. The molecule has 52 heavy (non-hydrogen) atoms. The van der Waals surface area contributed by atoms with E-state index in [4.69, 9.17) is 15.0 Å². The van der Waals surface area contributed by atoms with Crippen LogP contribution >= 0.6 is 45.2 Å². The highest BCUT2D eigenvalue weighted by atomic mass is 127. The first-order valence-electron chi connectivity index (χ1n) is 17.0. The van der Waals surface area contributed by atoms with Gasteiger partial charge in [-0.2, -0.15) is 9.97 Å². The molecule has 0 radical (unpaired) electrons. The van der Waals surface area contributed by atoms with Gasteiger partial charge in [-0.25, -0.2) is 4.98 Å². The molecule has 0 spiro atoms. The second-order valence-corrected chi connectivity index (χ2v) is 15.3. The molecule has 3 heterocycles. The molecule has 10 rings (SSSR count). The van der Waals surface area contributed by atoms with E-state index in [9.17, 15) is 0 Å². The predicted octanol–water partition coefficient (Wildman–Crippen LogP) is 12.3. The van der Waals surface area contributed by atoms with Crippen molar-refractivity contribution in [2.45, 2.75) is 0 Å². The first kappa shape index (κ1) is 31.4. The van der Waals surface area contributed by atoms with Crippen LogP contribution in [0, 0.1) is 7.14 Å². The Balaban J connectivity index is 1.20. The maximum absolute atomic E-state index is 5.16. The Labute approximate surface area is 326 Å². The van der Waals surface area contributed by atoms with E-state index in [1.807, 2.05) is 0 Å². The quantitative estimate of drug-likeness (QED) is 0.162. The summed E-state index contributed by atoms with van der Waals surface area (Å²) in [7, 11) is 0. The molecule has 0 amide bonds. The van der Waals surface area contributed by atoms with Crippen LogP contribution in [0.2, 0.25) is 0 Å². The van der Waals surface area contributed by atoms with Crippen LogP contribution in [0.5, 0.6) is 0 Å². The van der Waals surface area contributed by atoms with Crippen molar-refractivity contribution in [1.29, 1.82) is 0 Å². The Kier molecular flexibility index (Phi) is 7.64. The SMILES string of the molecule is Ic1ccc(-c2nc(-c3ccc(I)cc3)nc(-n3c4ccccc4c4ccc(-c5ccc6c(c5)c5ccccc5n6-c5ccccc5)cc43)n2)cc1. The first-order valence-corrected chi connectivity index (χ1v) is 19.2. The second-order valence-electron chi connectivity index (χ2n) is 12.8. The Morgan fingerprint density at radius 1 is 0.346 bits per heavy atom. The number of rotatable bonds is 5. The van der Waals surface area contributed by atoms with Crippen LogP contribution in [0.3, 0.4) is 0 Å². The molecule has 246 valence electrons. The van der Waals surface area contributed by atoms with Gasteiger partial charge >= 0.3 is 0 Å². The number of fused-ring (bicyclic) bond motifs is 6. The largest absolute Gasteiger partial charge is 0.309 e. The number of hydrogen-bond donors (Lipinski definition) is 0. The van der Waals surface area contributed by atoms with Crippen LogP contribution in [0.15, 0.2) is 164 Å². The molecule has 3 aromatic heterocycles. The van der Waals surface area contributed by atoms with Crippen LogP contribution in [0.25, 0.3) is 89.2 Å². The van der Waals surface area contributed by atoms with Crippen LogP contribution in [0.4, 0.5) is 0 Å². The standard InChI is InChI=1S/C45H27I2N5/c46-32-20-14-28(15-21-32)43-48-44(29-16-22-33(47)23-17-29)50-45(49-43)52-40-13-7-4-10-35(40)37-24-18-31(27-42(37)52)30-19-25-41-38(26-30)36-11-5-6-12-39(36)51(41)34-8-2-1-3-9-34/h1-27H. The highest BCUT2D eigenvalue weighted by Gasteiger charge is 2.19. The number of aromatic nitrogens is 5. The second kappa shape index (κ2) is 12.7. The van der Waals surface area contributed by atoms with Gasteiger partial charge in [0.2, 0.25) is 5.95 Å². The summed E-state index contributed by atoms with van der Waals surface area (Å²) in [6.45, 7) is 0. The fraction of sp³-hybridized carbons (Fsp3) is 0. The minimum Gasteiger partial charge on any atom is -0.309 e. The zero-order valence-electron chi connectivity index (χ0n) is 27.6. The van der Waals surface area contributed by atoms with Crippen molar-refractivity contribution in [1.82, 2.24) is 24.1 Å². The van der Waals surface area contributed by atoms with E-state index in [0.717, 1.165) is 56.9 Å². The number of hydrogen-bond acceptors (Lipinski definition) is 3. The summed E-state index contributed by atoms with van der Waals surface area (Å²) in [6.07, 6.45) is 0. The smallest absolute Gasteiger partial charge is 0.238 e. The molecule has 7 heteroatoms. The molecule has 0 aliphatic heterocycles. The molecule has 0 bridgehead atoms. The molecule has 10 aromatic rings. The average Bonchev–Trinajstić information content (AvgIpc) is 3.71. The topological polar surface area (TPSA) is 48.5 Å². The fourth-order valence-corrected chi connectivity index (χ4v) is 8.01. The van der Waals surface area contributed by atoms with Crippen molar-refractivity contribution < 1.29 is 0 Å². The van der Waals surface area contributed by atoms with Crippen LogP contribution < -0.4 is 0 Å². The van der Waals surface area contributed by atoms with Crippen LogP contribution in [-0.2, 0) is 0 Å². The van der Waals surface area contributed by atoms with Gasteiger partial charge in [0.1, 0.15) is 0 Å². The van der Waals surface area contributed by atoms with Crippen molar-refractivity contribution in [3.8, 4) is 45.5 Å². The van der Waals surface area contributed by atoms with E-state index < -0.39 is 0 Å². The molecule has 0 saturated heterocycles. The lowest BCUT2D eigenvalue weighted by atomic mass is 10.0. The van der Waals surface area contributed by atoms with Crippen molar-refractivity contribution in [3.05, 3.63) is 171 Å². The predicted molar refractivity (Wildman–Crippen MR) is 230 cm³/mol. The van der Waals surface area contributed by atoms with Gasteiger partial charge in [0.05, 0.1) is 22.1 Å². The monoisotopic (exact) mass is 891 g/mol. The molecule has 0 aliphatic rings. The van der Waals surface area contributed by atoms with Gasteiger partial charge in [-0.3, -0.25) is 4.57 Å². The Bertz CT molecular complexity index is 2900. The summed E-state index contributed by atoms with van der Waals surface area (Å²) >= 11 is 4.66. The number of halogens is 2. The highest BCUT2D eigenvalue weighted by molar-refractivity contribution is 14.1. The summed E-state index contributed by atoms with van der Waals surface area (Å²) in [4.78, 5) is 15.3. The Morgan fingerprint density at radius 2 is 0.827 bits per heavy atom. The zero-order chi connectivity index (χ0) is 34.8. The zero-order valence-corrected chi connectivity index (χ0v) is 31.9. The third-order valence-electron chi connectivity index (χ3n) is 9.72. The summed E-state index contributed by atoms with van der Waals surface area (Å²) in [5.74, 6) is 1.86. The molecular weight excluding hydrogens is 864 g/mol. The number of benzene rings is 7. The summed E-state index contributed by atoms with van der Waals surface area (Å²) in [6, 6.07) is 58.0. The van der Waals surface area contributed by atoms with Gasteiger partial charge in [0.25, 0.3) is 0 Å². The van der Waals surface area contributed by atoms with Crippen LogP contribution in [-0.4, -0.2) is 24.1 Å². The lowest BCUT2D eigenvalue weighted by molar-refractivity contribution is 0.953. The van der Waals surface area contributed by atoms with E-state index in [0.29, 0.717) is 17.6 Å². The molecule has 0 atom stereocenters. The van der Waals surface area contributed by atoms with Crippen molar-refractivity contribution in [2.75, 3.05) is 0 Å². The summed E-state index contributed by atoms with van der Waals surface area (Å²) < 4.78 is 6.87. The molecule has 0 fully saturated rings. The van der Waals surface area contributed by atoms with Gasteiger partial charge < -0.3 is 4.57 Å². The van der Waals surface area contributed by atoms with Crippen molar-refractivity contribution >= 4 is 88.8 Å². The lowest BCUT2D eigenvalue weighted by Crippen LogP contribution is -2.06. The minimum absolute atomic E-state index is 0.585. The Hall–Kier alpha value is -5.39. The van der Waals surface area contributed by atoms with Gasteiger partial charge in [-0.15, -0.1) is 0 Å². The fourth-order valence-electron chi connectivity index (χ4n) is 7.29. The van der Waals surface area contributed by atoms with Crippen molar-refractivity contribution in [2.24, 2.45) is 0 Å². The van der Waals surface area contributed by atoms with E-state index in [2.05, 4.69) is 218 Å². The molecule has 5 nitrogen and oxygen atoms in total. The number of para-hydroxylation sites is 3. The third kappa shape index (κ3) is 5.29. The molecule has 0 N–H and O–H groups in total. The molecule has 0 unspecified atom stereocenters. The number of nitrogens with zero attached hydrogens (tertiary/aromatic N) is 5. The van der Waals surface area contributed by atoms with Gasteiger partial charge in [0.15, 0.2) is 11.6 Å². The van der Waals surface area contributed by atoms with E-state index in [-0.39, 0.29) is 0 Å². The average molecular weight is 892 g/mol. The molecule has 0 aliphatic carbocycles. The molecule has 7 aromatic carbocycles. The van der Waals surface area contributed by atoms with E-state index >= 15 is 0 Å². The normalized spacial score (nSPS) is 11.7. The third-order valence-corrected chi connectivity index (χ3v) is 11.2. The molecule has 0 saturated carbocycles. The van der Waals surface area contributed by atoms with E-state index in [1.165, 1.54) is 21.8 Å². The Morgan fingerprint density at radius 3 is 1.48 bits per heavy atom. The highest BCUT2D eigenvalue weighted by Crippen LogP contribution is 2.38. The van der Waals surface area contributed by atoms with Gasteiger partial charge in [-0.1, -0.05) is 97.1 Å². The minimum atomic E-state index is 0.585. The summed E-state index contributed by atoms with van der Waals surface area (Å²) in [5, 5.41) is 4.75.